The zero-order chi connectivity index (χ0) is 21.7. The number of carboxylic acid groups (broad SMARTS) is 1. The smallest absolute Gasteiger partial charge is 0.344 e. The van der Waals surface area contributed by atoms with Crippen LogP contribution in [0.2, 0.25) is 10.0 Å². The molecule has 164 valence electrons. The summed E-state index contributed by atoms with van der Waals surface area (Å²) in [6, 6.07) is 4.92. The van der Waals surface area contributed by atoms with Crippen LogP contribution >= 0.6 is 23.2 Å². The van der Waals surface area contributed by atoms with Crippen LogP contribution in [0, 0.1) is 11.8 Å². The average Bonchev–Trinajstić information content (AvgIpc) is 3.19. The third-order valence-electron chi connectivity index (χ3n) is 6.75. The number of halogens is 3. The van der Waals surface area contributed by atoms with E-state index >= 15 is 4.39 Å². The minimum absolute atomic E-state index is 0.0328. The van der Waals surface area contributed by atoms with Gasteiger partial charge in [0.2, 0.25) is 5.67 Å². The van der Waals surface area contributed by atoms with Crippen LogP contribution in [0.1, 0.15) is 44.1 Å². The SMILES string of the molecule is N[C@]1(C(=O)O)[C@H]2[C@@H](C[C@H]1OCc1ccc(Cl)c(Cl)c1)[C@]2(F)C(=O)OC1CCCCC1. The van der Waals surface area contributed by atoms with Crippen LogP contribution in [0.5, 0.6) is 0 Å². The molecule has 1 aromatic rings. The number of esters is 1. The van der Waals surface area contributed by atoms with Crippen molar-refractivity contribution in [2.45, 2.75) is 68.5 Å². The number of alkyl halides is 1. The molecular weight excluding hydrogens is 436 g/mol. The Balaban J connectivity index is 1.45. The maximum Gasteiger partial charge on any atom is 0.344 e. The van der Waals surface area contributed by atoms with Crippen molar-refractivity contribution in [1.82, 2.24) is 0 Å². The number of aliphatic carboxylic acids is 1. The molecule has 0 saturated heterocycles. The van der Waals surface area contributed by atoms with Crippen molar-refractivity contribution in [3.05, 3.63) is 33.8 Å². The van der Waals surface area contributed by atoms with Crippen molar-refractivity contribution in [1.29, 1.82) is 0 Å². The van der Waals surface area contributed by atoms with Crippen LogP contribution in [0.25, 0.3) is 0 Å². The second-order valence-corrected chi connectivity index (χ2v) is 9.35. The van der Waals surface area contributed by atoms with E-state index in [2.05, 4.69) is 0 Å². The third-order valence-corrected chi connectivity index (χ3v) is 7.48. The molecule has 0 radical (unpaired) electrons. The number of hydrogen-bond acceptors (Lipinski definition) is 5. The summed E-state index contributed by atoms with van der Waals surface area (Å²) in [5, 5.41) is 10.5. The van der Waals surface area contributed by atoms with E-state index in [0.717, 1.165) is 19.3 Å². The number of ether oxygens (including phenoxy) is 2. The Bertz CT molecular complexity index is 864. The van der Waals surface area contributed by atoms with E-state index in [-0.39, 0.29) is 19.1 Å². The number of fused-ring (bicyclic) bond motifs is 1. The van der Waals surface area contributed by atoms with Crippen molar-refractivity contribution in [3.8, 4) is 0 Å². The summed E-state index contributed by atoms with van der Waals surface area (Å²) < 4.78 is 26.7. The van der Waals surface area contributed by atoms with Crippen molar-refractivity contribution < 1.29 is 28.6 Å². The lowest BCUT2D eigenvalue weighted by molar-refractivity contribution is -0.164. The largest absolute Gasteiger partial charge is 0.480 e. The number of benzene rings is 1. The van der Waals surface area contributed by atoms with Gasteiger partial charge in [0.1, 0.15) is 11.6 Å². The van der Waals surface area contributed by atoms with Gasteiger partial charge < -0.3 is 20.3 Å². The van der Waals surface area contributed by atoms with Crippen LogP contribution in [-0.2, 0) is 25.7 Å². The van der Waals surface area contributed by atoms with Gasteiger partial charge in [-0.25, -0.2) is 9.18 Å². The summed E-state index contributed by atoms with van der Waals surface area (Å²) in [5.41, 5.74) is 2.48. The molecule has 3 aliphatic rings. The fraction of sp³-hybridized carbons (Fsp3) is 0.619. The minimum atomic E-state index is -2.37. The molecule has 0 spiro atoms. The van der Waals surface area contributed by atoms with Gasteiger partial charge in [-0.3, -0.25) is 4.79 Å². The van der Waals surface area contributed by atoms with Gasteiger partial charge in [-0.2, -0.15) is 0 Å². The second kappa shape index (κ2) is 7.93. The van der Waals surface area contributed by atoms with E-state index in [9.17, 15) is 14.7 Å². The molecule has 0 bridgehead atoms. The molecule has 3 N–H and O–H groups in total. The lowest BCUT2D eigenvalue weighted by Crippen LogP contribution is -2.60. The van der Waals surface area contributed by atoms with Crippen LogP contribution in [0.3, 0.4) is 0 Å². The zero-order valence-corrected chi connectivity index (χ0v) is 17.8. The highest BCUT2D eigenvalue weighted by Gasteiger charge is 2.85. The highest BCUT2D eigenvalue weighted by molar-refractivity contribution is 6.42. The van der Waals surface area contributed by atoms with Crippen LogP contribution < -0.4 is 5.73 Å². The molecule has 4 rings (SSSR count). The first kappa shape index (κ1) is 21.8. The zero-order valence-electron chi connectivity index (χ0n) is 16.3. The fourth-order valence-corrected chi connectivity index (χ4v) is 5.37. The Labute approximate surface area is 183 Å². The lowest BCUT2D eigenvalue weighted by atomic mass is 9.87. The van der Waals surface area contributed by atoms with Crippen molar-refractivity contribution in [2.75, 3.05) is 0 Å². The summed E-state index contributed by atoms with van der Waals surface area (Å²) in [5.74, 6) is -4.37. The summed E-state index contributed by atoms with van der Waals surface area (Å²) in [7, 11) is 0. The summed E-state index contributed by atoms with van der Waals surface area (Å²) in [4.78, 5) is 24.6. The Morgan fingerprint density at radius 3 is 2.53 bits per heavy atom. The number of rotatable bonds is 6. The first-order chi connectivity index (χ1) is 14.2. The highest BCUT2D eigenvalue weighted by Crippen LogP contribution is 2.67. The Hall–Kier alpha value is -1.41. The molecule has 0 amide bonds. The number of carbonyl (C=O) groups excluding carboxylic acids is 1. The highest BCUT2D eigenvalue weighted by atomic mass is 35.5. The number of nitrogens with two attached hydrogens (primary N) is 1. The van der Waals surface area contributed by atoms with Gasteiger partial charge in [0, 0.05) is 11.8 Å². The summed E-state index contributed by atoms with van der Waals surface area (Å²) >= 11 is 11.9. The Morgan fingerprint density at radius 2 is 1.90 bits per heavy atom. The second-order valence-electron chi connectivity index (χ2n) is 8.54. The molecule has 30 heavy (non-hydrogen) atoms. The van der Waals surface area contributed by atoms with Crippen LogP contribution in [0.15, 0.2) is 18.2 Å². The van der Waals surface area contributed by atoms with Crippen molar-refractivity contribution >= 4 is 35.1 Å². The fourth-order valence-electron chi connectivity index (χ4n) is 5.04. The number of carboxylic acids is 1. The van der Waals surface area contributed by atoms with E-state index in [1.165, 1.54) is 0 Å². The first-order valence-corrected chi connectivity index (χ1v) is 10.9. The van der Waals surface area contributed by atoms with E-state index < -0.39 is 41.1 Å². The van der Waals surface area contributed by atoms with Gasteiger partial charge in [0.05, 0.1) is 22.8 Å². The molecule has 3 aliphatic carbocycles. The van der Waals surface area contributed by atoms with E-state index in [0.29, 0.717) is 28.5 Å². The lowest BCUT2D eigenvalue weighted by Gasteiger charge is -2.32. The molecule has 5 atom stereocenters. The van der Waals surface area contributed by atoms with Crippen molar-refractivity contribution in [3.63, 3.8) is 0 Å². The van der Waals surface area contributed by atoms with E-state index in [1.807, 2.05) is 0 Å². The molecule has 0 aliphatic heterocycles. The van der Waals surface area contributed by atoms with Gasteiger partial charge in [0.25, 0.3) is 0 Å². The maximum absolute atomic E-state index is 15.5. The van der Waals surface area contributed by atoms with Gasteiger partial charge in [-0.05, 0) is 49.8 Å². The maximum atomic E-state index is 15.5. The van der Waals surface area contributed by atoms with E-state index in [1.54, 1.807) is 18.2 Å². The topological polar surface area (TPSA) is 98.9 Å². The molecule has 6 nitrogen and oxygen atoms in total. The minimum Gasteiger partial charge on any atom is -0.480 e. The standard InChI is InChI=1S/C21H24Cl2FNO5/c22-14-7-6-11(8-15(14)23)10-29-16-9-13-17(21(16,25)18(26)27)20(13,24)19(28)30-12-4-2-1-3-5-12/h6-8,12-13,16-17H,1-5,9-10,25H2,(H,26,27)/t13-,16-,17+,20-,21+/m1/s1. The Morgan fingerprint density at radius 1 is 1.20 bits per heavy atom. The molecule has 0 unspecified atom stereocenters. The molecule has 3 fully saturated rings. The number of hydrogen-bond donors (Lipinski definition) is 2. The predicted octanol–water partition coefficient (Wildman–Crippen LogP) is 3.89. The molecule has 3 saturated carbocycles. The van der Waals surface area contributed by atoms with Gasteiger partial charge >= 0.3 is 11.9 Å². The summed E-state index contributed by atoms with van der Waals surface area (Å²) in [6.07, 6.45) is 3.14. The normalized spacial score (nSPS) is 35.7. The summed E-state index contributed by atoms with van der Waals surface area (Å²) in [6.45, 7) is 0.0407. The van der Waals surface area contributed by atoms with Crippen LogP contribution in [0.4, 0.5) is 4.39 Å². The average molecular weight is 460 g/mol. The first-order valence-electron chi connectivity index (χ1n) is 10.2. The molecular formula is C21H24Cl2FNO5. The Kier molecular flexibility index (Phi) is 5.77. The number of carbonyl (C=O) groups is 2. The van der Waals surface area contributed by atoms with Gasteiger partial charge in [-0.1, -0.05) is 35.7 Å². The quantitative estimate of drug-likeness (QED) is 0.625. The van der Waals surface area contributed by atoms with Crippen LogP contribution in [-0.4, -0.2) is 40.5 Å². The molecule has 0 aromatic heterocycles. The van der Waals surface area contributed by atoms with Crippen molar-refractivity contribution in [2.24, 2.45) is 17.6 Å². The monoisotopic (exact) mass is 459 g/mol. The molecule has 9 heteroatoms. The van der Waals surface area contributed by atoms with Gasteiger partial charge in [-0.15, -0.1) is 0 Å². The third kappa shape index (κ3) is 3.49. The molecule has 1 aromatic carbocycles. The van der Waals surface area contributed by atoms with E-state index in [4.69, 9.17) is 38.4 Å². The van der Waals surface area contributed by atoms with Gasteiger partial charge in [0.15, 0.2) is 0 Å². The predicted molar refractivity (Wildman–Crippen MR) is 108 cm³/mol. The molecule has 0 heterocycles.